The van der Waals surface area contributed by atoms with Crippen molar-refractivity contribution in [3.05, 3.63) is 59.3 Å². The van der Waals surface area contributed by atoms with Gasteiger partial charge in [0, 0.05) is 56.3 Å². The van der Waals surface area contributed by atoms with Gasteiger partial charge in [-0.05, 0) is 57.2 Å². The number of carbonyl (C=O) groups is 2. The summed E-state index contributed by atoms with van der Waals surface area (Å²) < 4.78 is 5.47. The van der Waals surface area contributed by atoms with Crippen LogP contribution in [0, 0.1) is 0 Å². The third-order valence-electron chi connectivity index (χ3n) is 6.05. The number of ether oxygens (including phenoxy) is 1. The highest BCUT2D eigenvalue weighted by Gasteiger charge is 2.33. The highest BCUT2D eigenvalue weighted by atomic mass is 35.5. The molecule has 0 aromatic heterocycles. The second kappa shape index (κ2) is 13.1. The van der Waals surface area contributed by atoms with Gasteiger partial charge in [0.2, 0.25) is 11.8 Å². The largest absolute Gasteiger partial charge is 0.379 e. The standard InChI is InChI=1S/C27H39ClN4O3/c1-27(2,3)29-26(34)25(22-9-11-23(28)12-10-22)32(17-16-31-18-20-35-21-19-31)24(33)8-7-15-30-13-5-4-6-14-30/h4-6,9-13,25H,7-8,14-21H2,1-3H3,(H,29,34). The number of carbonyl (C=O) groups excluding carboxylic acids is 2. The average molecular weight is 503 g/mol. The summed E-state index contributed by atoms with van der Waals surface area (Å²) in [7, 11) is 0. The molecule has 0 saturated carbocycles. The van der Waals surface area contributed by atoms with Crippen molar-refractivity contribution in [3.8, 4) is 0 Å². The molecule has 0 radical (unpaired) electrons. The number of halogens is 1. The molecule has 1 fully saturated rings. The molecule has 0 bridgehead atoms. The molecular weight excluding hydrogens is 464 g/mol. The van der Waals surface area contributed by atoms with E-state index >= 15 is 0 Å². The molecule has 1 unspecified atom stereocenters. The van der Waals surface area contributed by atoms with Gasteiger partial charge in [-0.1, -0.05) is 35.9 Å². The quantitative estimate of drug-likeness (QED) is 0.529. The first kappa shape index (κ1) is 27.2. The monoisotopic (exact) mass is 502 g/mol. The van der Waals surface area contributed by atoms with Crippen LogP contribution in [-0.2, 0) is 14.3 Å². The minimum Gasteiger partial charge on any atom is -0.379 e. The van der Waals surface area contributed by atoms with E-state index in [-0.39, 0.29) is 11.8 Å². The second-order valence-electron chi connectivity index (χ2n) is 10.1. The van der Waals surface area contributed by atoms with E-state index in [1.54, 1.807) is 17.0 Å². The minimum atomic E-state index is -0.724. The van der Waals surface area contributed by atoms with Gasteiger partial charge < -0.3 is 19.9 Å². The molecule has 1 atom stereocenters. The van der Waals surface area contributed by atoms with Crippen molar-refractivity contribution in [2.24, 2.45) is 0 Å². The number of rotatable bonds is 10. The lowest BCUT2D eigenvalue weighted by molar-refractivity contribution is -0.142. The predicted octanol–water partition coefficient (Wildman–Crippen LogP) is 3.62. The average Bonchev–Trinajstić information content (AvgIpc) is 2.82. The fourth-order valence-electron chi connectivity index (χ4n) is 4.28. The SMILES string of the molecule is CC(C)(C)NC(=O)C(c1ccc(Cl)cc1)N(CCN1CCOCC1)C(=O)CCCN1C=CC=CC1. The Labute approximate surface area is 214 Å². The molecule has 2 aliphatic rings. The Bertz CT molecular complexity index is 889. The topological polar surface area (TPSA) is 65.1 Å². The van der Waals surface area contributed by atoms with Gasteiger partial charge in [0.25, 0.3) is 0 Å². The van der Waals surface area contributed by atoms with Crippen molar-refractivity contribution in [3.63, 3.8) is 0 Å². The van der Waals surface area contributed by atoms with Gasteiger partial charge in [-0.2, -0.15) is 0 Å². The second-order valence-corrected chi connectivity index (χ2v) is 10.5. The molecule has 3 rings (SSSR count). The first-order chi connectivity index (χ1) is 16.7. The van der Waals surface area contributed by atoms with E-state index in [0.717, 1.165) is 38.2 Å². The zero-order valence-corrected chi connectivity index (χ0v) is 22.0. The number of benzene rings is 1. The zero-order valence-electron chi connectivity index (χ0n) is 21.2. The number of morpholine rings is 1. The molecule has 192 valence electrons. The maximum atomic E-state index is 13.6. The normalized spacial score (nSPS) is 17.3. The zero-order chi connectivity index (χ0) is 25.3. The number of hydrogen-bond acceptors (Lipinski definition) is 5. The Hall–Kier alpha value is -2.35. The van der Waals surface area contributed by atoms with Crippen LogP contribution < -0.4 is 5.32 Å². The van der Waals surface area contributed by atoms with Crippen LogP contribution >= 0.6 is 11.6 Å². The molecule has 0 spiro atoms. The Morgan fingerprint density at radius 3 is 2.46 bits per heavy atom. The summed E-state index contributed by atoms with van der Waals surface area (Å²) in [5, 5.41) is 3.68. The van der Waals surface area contributed by atoms with E-state index in [2.05, 4.69) is 21.2 Å². The van der Waals surface area contributed by atoms with Crippen LogP contribution in [0.3, 0.4) is 0 Å². The van der Waals surface area contributed by atoms with Gasteiger partial charge in [0.1, 0.15) is 6.04 Å². The summed E-state index contributed by atoms with van der Waals surface area (Å²) in [6.45, 7) is 11.7. The van der Waals surface area contributed by atoms with Gasteiger partial charge in [-0.25, -0.2) is 0 Å². The first-order valence-corrected chi connectivity index (χ1v) is 12.9. The molecule has 1 aromatic carbocycles. The number of hydrogen-bond donors (Lipinski definition) is 1. The summed E-state index contributed by atoms with van der Waals surface area (Å²) in [5.74, 6) is -0.196. The van der Waals surface area contributed by atoms with E-state index in [9.17, 15) is 9.59 Å². The Morgan fingerprint density at radius 2 is 1.83 bits per heavy atom. The van der Waals surface area contributed by atoms with E-state index < -0.39 is 11.6 Å². The van der Waals surface area contributed by atoms with Gasteiger partial charge in [-0.15, -0.1) is 0 Å². The lowest BCUT2D eigenvalue weighted by Crippen LogP contribution is -2.51. The molecule has 8 heteroatoms. The predicted molar refractivity (Wildman–Crippen MR) is 140 cm³/mol. The van der Waals surface area contributed by atoms with Crippen LogP contribution in [0.5, 0.6) is 0 Å². The molecule has 2 amide bonds. The molecule has 1 saturated heterocycles. The fourth-order valence-corrected chi connectivity index (χ4v) is 4.40. The number of amides is 2. The Morgan fingerprint density at radius 1 is 1.11 bits per heavy atom. The molecule has 7 nitrogen and oxygen atoms in total. The van der Waals surface area contributed by atoms with Gasteiger partial charge >= 0.3 is 0 Å². The van der Waals surface area contributed by atoms with Crippen LogP contribution in [-0.4, -0.2) is 84.5 Å². The van der Waals surface area contributed by atoms with Crippen molar-refractivity contribution in [1.29, 1.82) is 0 Å². The first-order valence-electron chi connectivity index (χ1n) is 12.5. The van der Waals surface area contributed by atoms with Crippen molar-refractivity contribution in [2.45, 2.75) is 45.2 Å². The Balaban J connectivity index is 1.79. The maximum absolute atomic E-state index is 13.6. The minimum absolute atomic E-state index is 0.0150. The number of allylic oxidation sites excluding steroid dienone is 2. The van der Waals surface area contributed by atoms with Crippen molar-refractivity contribution in [1.82, 2.24) is 20.0 Å². The van der Waals surface area contributed by atoms with Crippen molar-refractivity contribution in [2.75, 3.05) is 52.5 Å². The van der Waals surface area contributed by atoms with E-state index in [1.165, 1.54) is 0 Å². The molecule has 35 heavy (non-hydrogen) atoms. The third kappa shape index (κ3) is 8.98. The van der Waals surface area contributed by atoms with Crippen LogP contribution in [0.15, 0.2) is 48.7 Å². The molecule has 0 aliphatic carbocycles. The van der Waals surface area contributed by atoms with Gasteiger partial charge in [0.05, 0.1) is 13.2 Å². The highest BCUT2D eigenvalue weighted by Crippen LogP contribution is 2.25. The highest BCUT2D eigenvalue weighted by molar-refractivity contribution is 6.30. The smallest absolute Gasteiger partial charge is 0.247 e. The summed E-state index contributed by atoms with van der Waals surface area (Å²) in [4.78, 5) is 33.4. The van der Waals surface area contributed by atoms with E-state index in [0.29, 0.717) is 37.7 Å². The van der Waals surface area contributed by atoms with Gasteiger partial charge in [-0.3, -0.25) is 14.5 Å². The van der Waals surface area contributed by atoms with E-state index in [1.807, 2.05) is 51.3 Å². The molecule has 1 N–H and O–H groups in total. The lowest BCUT2D eigenvalue weighted by atomic mass is 10.0. The van der Waals surface area contributed by atoms with E-state index in [4.69, 9.17) is 16.3 Å². The van der Waals surface area contributed by atoms with Crippen molar-refractivity contribution < 1.29 is 14.3 Å². The van der Waals surface area contributed by atoms with Crippen LogP contribution in [0.4, 0.5) is 0 Å². The fraction of sp³-hybridized carbons (Fsp3) is 0.556. The van der Waals surface area contributed by atoms with Crippen LogP contribution in [0.25, 0.3) is 0 Å². The maximum Gasteiger partial charge on any atom is 0.247 e. The third-order valence-corrected chi connectivity index (χ3v) is 6.30. The summed E-state index contributed by atoms with van der Waals surface area (Å²) in [6, 6.07) is 6.51. The molecule has 2 heterocycles. The molecule has 2 aliphatic heterocycles. The summed E-state index contributed by atoms with van der Waals surface area (Å²) >= 11 is 6.14. The molecule has 1 aromatic rings. The summed E-state index contributed by atoms with van der Waals surface area (Å²) in [5.41, 5.74) is 0.338. The number of nitrogens with one attached hydrogen (secondary N) is 1. The van der Waals surface area contributed by atoms with Crippen LogP contribution in [0.1, 0.15) is 45.2 Å². The number of nitrogens with zero attached hydrogens (tertiary/aromatic N) is 3. The van der Waals surface area contributed by atoms with Crippen LogP contribution in [0.2, 0.25) is 5.02 Å². The Kier molecular flexibility index (Phi) is 10.2. The lowest BCUT2D eigenvalue weighted by Gasteiger charge is -2.36. The van der Waals surface area contributed by atoms with Gasteiger partial charge in [0.15, 0.2) is 0 Å². The van der Waals surface area contributed by atoms with Crippen molar-refractivity contribution >= 4 is 23.4 Å². The molecular formula is C27H39ClN4O3. The summed E-state index contributed by atoms with van der Waals surface area (Å²) in [6.07, 6.45) is 9.29.